The van der Waals surface area contributed by atoms with Crippen LogP contribution in [0.2, 0.25) is 0 Å². The molecule has 1 aromatic rings. The molecule has 19 heavy (non-hydrogen) atoms. The number of methoxy groups -OCH3 is 1. The van der Waals surface area contributed by atoms with Gasteiger partial charge in [0.25, 0.3) is 0 Å². The highest BCUT2D eigenvalue weighted by molar-refractivity contribution is 7.89. The molecule has 0 saturated heterocycles. The number of amides is 1. The van der Waals surface area contributed by atoms with Crippen LogP contribution in [0.1, 0.15) is 6.92 Å². The van der Waals surface area contributed by atoms with Gasteiger partial charge in [-0.15, -0.1) is 0 Å². The van der Waals surface area contributed by atoms with E-state index < -0.39 is 15.9 Å². The van der Waals surface area contributed by atoms with Crippen LogP contribution in [0.4, 0.5) is 5.69 Å². The van der Waals surface area contributed by atoms with Gasteiger partial charge in [-0.1, -0.05) is 6.92 Å². The summed E-state index contributed by atoms with van der Waals surface area (Å²) in [5.41, 5.74) is 10.8. The summed E-state index contributed by atoms with van der Waals surface area (Å²) in [6, 6.07) is 4.24. The number of anilines is 1. The highest BCUT2D eigenvalue weighted by atomic mass is 32.2. The number of primary amides is 1. The molecule has 0 saturated carbocycles. The van der Waals surface area contributed by atoms with Crippen molar-refractivity contribution in [1.82, 2.24) is 4.31 Å². The number of hydrogen-bond donors (Lipinski definition) is 2. The van der Waals surface area contributed by atoms with E-state index >= 15 is 0 Å². The van der Waals surface area contributed by atoms with Gasteiger partial charge in [0.2, 0.25) is 15.9 Å². The molecule has 1 amide bonds. The third-order valence-corrected chi connectivity index (χ3v) is 4.51. The lowest BCUT2D eigenvalue weighted by Gasteiger charge is -2.20. The maximum absolute atomic E-state index is 12.3. The van der Waals surface area contributed by atoms with Crippen molar-refractivity contribution >= 4 is 21.6 Å². The Morgan fingerprint density at radius 1 is 1.42 bits per heavy atom. The number of benzene rings is 1. The average molecular weight is 287 g/mol. The van der Waals surface area contributed by atoms with Crippen LogP contribution in [0.15, 0.2) is 23.1 Å². The van der Waals surface area contributed by atoms with E-state index in [0.717, 1.165) is 4.31 Å². The Balaban J connectivity index is 3.22. The van der Waals surface area contributed by atoms with Crippen molar-refractivity contribution in [2.75, 3.05) is 25.9 Å². The third-order valence-electron chi connectivity index (χ3n) is 2.52. The van der Waals surface area contributed by atoms with E-state index in [1.165, 1.54) is 25.3 Å². The number of ether oxygens (including phenoxy) is 1. The van der Waals surface area contributed by atoms with Crippen molar-refractivity contribution in [2.24, 2.45) is 5.73 Å². The molecule has 0 aromatic heterocycles. The zero-order valence-electron chi connectivity index (χ0n) is 10.8. The fourth-order valence-corrected chi connectivity index (χ4v) is 3.08. The highest BCUT2D eigenvalue weighted by Gasteiger charge is 2.26. The Hall–Kier alpha value is -1.80. The molecule has 0 spiro atoms. The number of sulfonamides is 1. The van der Waals surface area contributed by atoms with Crippen LogP contribution in [-0.2, 0) is 14.8 Å². The first kappa shape index (κ1) is 15.3. The van der Waals surface area contributed by atoms with E-state index in [-0.39, 0.29) is 23.7 Å². The Morgan fingerprint density at radius 2 is 2.05 bits per heavy atom. The SMILES string of the molecule is CCN(CC(N)=O)S(=O)(=O)c1ccc(OC)cc1N. The smallest absolute Gasteiger partial charge is 0.245 e. The molecule has 1 rings (SSSR count). The minimum atomic E-state index is -3.85. The van der Waals surface area contributed by atoms with Gasteiger partial charge in [-0.25, -0.2) is 8.42 Å². The summed E-state index contributed by atoms with van der Waals surface area (Å²) in [6.45, 7) is 1.35. The van der Waals surface area contributed by atoms with Gasteiger partial charge in [-0.05, 0) is 12.1 Å². The van der Waals surface area contributed by atoms with E-state index in [2.05, 4.69) is 0 Å². The molecule has 0 heterocycles. The van der Waals surface area contributed by atoms with Gasteiger partial charge < -0.3 is 16.2 Å². The van der Waals surface area contributed by atoms with E-state index in [1.54, 1.807) is 6.92 Å². The fraction of sp³-hybridized carbons (Fsp3) is 0.364. The Labute approximate surface area is 112 Å². The first-order valence-electron chi connectivity index (χ1n) is 5.55. The third kappa shape index (κ3) is 3.36. The van der Waals surface area contributed by atoms with Gasteiger partial charge in [-0.2, -0.15) is 4.31 Å². The summed E-state index contributed by atoms with van der Waals surface area (Å²) in [6.07, 6.45) is 0. The molecule has 0 aliphatic carbocycles. The monoisotopic (exact) mass is 287 g/mol. The van der Waals surface area contributed by atoms with Crippen LogP contribution in [-0.4, -0.2) is 38.8 Å². The second kappa shape index (κ2) is 5.89. The van der Waals surface area contributed by atoms with E-state index in [9.17, 15) is 13.2 Å². The number of likely N-dealkylation sites (N-methyl/N-ethyl adjacent to an activating group) is 1. The predicted molar refractivity (Wildman–Crippen MR) is 71.0 cm³/mol. The Kier molecular flexibility index (Phi) is 4.73. The predicted octanol–water partition coefficient (Wildman–Crippen LogP) is -0.227. The maximum Gasteiger partial charge on any atom is 0.245 e. The largest absolute Gasteiger partial charge is 0.497 e. The van der Waals surface area contributed by atoms with Crippen LogP contribution in [0.25, 0.3) is 0 Å². The summed E-state index contributed by atoms with van der Waals surface area (Å²) >= 11 is 0. The molecule has 106 valence electrons. The van der Waals surface area contributed by atoms with Gasteiger partial charge >= 0.3 is 0 Å². The van der Waals surface area contributed by atoms with Crippen molar-refractivity contribution in [1.29, 1.82) is 0 Å². The molecule has 0 atom stereocenters. The quantitative estimate of drug-likeness (QED) is 0.701. The number of hydrogen-bond acceptors (Lipinski definition) is 5. The fourth-order valence-electron chi connectivity index (χ4n) is 1.57. The summed E-state index contributed by atoms with van der Waals surface area (Å²) in [5, 5.41) is 0. The van der Waals surface area contributed by atoms with Crippen LogP contribution in [0.5, 0.6) is 5.75 Å². The molecule has 7 nitrogen and oxygen atoms in total. The Morgan fingerprint density at radius 3 is 2.47 bits per heavy atom. The van der Waals surface area contributed by atoms with E-state index in [4.69, 9.17) is 16.2 Å². The number of nitrogens with zero attached hydrogens (tertiary/aromatic N) is 1. The standard InChI is InChI=1S/C11H17N3O4S/c1-3-14(7-11(13)15)19(16,17)10-5-4-8(18-2)6-9(10)12/h4-6H,3,7,12H2,1-2H3,(H2,13,15). The van der Waals surface area contributed by atoms with Gasteiger partial charge in [0.05, 0.1) is 19.3 Å². The molecule has 0 aliphatic rings. The highest BCUT2D eigenvalue weighted by Crippen LogP contribution is 2.26. The number of nitrogens with two attached hydrogens (primary N) is 2. The molecular formula is C11H17N3O4S. The van der Waals surface area contributed by atoms with E-state index in [0.29, 0.717) is 5.75 Å². The topological polar surface area (TPSA) is 116 Å². The van der Waals surface area contributed by atoms with Crippen LogP contribution >= 0.6 is 0 Å². The number of carbonyl (C=O) groups excluding carboxylic acids is 1. The minimum absolute atomic E-state index is 0.0577. The van der Waals surface area contributed by atoms with E-state index in [1.807, 2.05) is 0 Å². The molecule has 0 unspecified atom stereocenters. The van der Waals surface area contributed by atoms with Crippen LogP contribution < -0.4 is 16.2 Å². The Bertz CT molecular complexity index is 571. The lowest BCUT2D eigenvalue weighted by molar-refractivity contribution is -0.118. The lowest BCUT2D eigenvalue weighted by atomic mass is 10.3. The zero-order chi connectivity index (χ0) is 14.6. The number of rotatable bonds is 6. The number of carbonyl (C=O) groups is 1. The molecular weight excluding hydrogens is 270 g/mol. The molecule has 0 bridgehead atoms. The summed E-state index contributed by atoms with van der Waals surface area (Å²) in [4.78, 5) is 10.8. The zero-order valence-corrected chi connectivity index (χ0v) is 11.6. The average Bonchev–Trinajstić information content (AvgIpc) is 2.34. The molecule has 8 heteroatoms. The van der Waals surface area contributed by atoms with Gasteiger partial charge in [-0.3, -0.25) is 4.79 Å². The van der Waals surface area contributed by atoms with Gasteiger partial charge in [0.1, 0.15) is 10.6 Å². The first-order chi connectivity index (χ1) is 8.82. The minimum Gasteiger partial charge on any atom is -0.497 e. The summed E-state index contributed by atoms with van der Waals surface area (Å²) < 4.78 is 30.6. The molecule has 0 radical (unpaired) electrons. The second-order valence-corrected chi connectivity index (χ2v) is 5.71. The van der Waals surface area contributed by atoms with Crippen molar-refractivity contribution in [3.8, 4) is 5.75 Å². The van der Waals surface area contributed by atoms with Gasteiger partial charge in [0.15, 0.2) is 0 Å². The number of nitrogen functional groups attached to an aromatic ring is 1. The van der Waals surface area contributed by atoms with Crippen molar-refractivity contribution in [2.45, 2.75) is 11.8 Å². The first-order valence-corrected chi connectivity index (χ1v) is 6.99. The lowest BCUT2D eigenvalue weighted by Crippen LogP contribution is -2.38. The van der Waals surface area contributed by atoms with Crippen LogP contribution in [0, 0.1) is 0 Å². The van der Waals surface area contributed by atoms with Crippen molar-refractivity contribution in [3.63, 3.8) is 0 Å². The molecule has 4 N–H and O–H groups in total. The van der Waals surface area contributed by atoms with Crippen molar-refractivity contribution < 1.29 is 17.9 Å². The summed E-state index contributed by atoms with van der Waals surface area (Å²) in [5.74, 6) is -0.271. The van der Waals surface area contributed by atoms with Crippen molar-refractivity contribution in [3.05, 3.63) is 18.2 Å². The normalized spacial score (nSPS) is 11.5. The van der Waals surface area contributed by atoms with Gasteiger partial charge in [0, 0.05) is 12.6 Å². The molecule has 1 aromatic carbocycles. The summed E-state index contributed by atoms with van der Waals surface area (Å²) in [7, 11) is -2.40. The molecule has 0 aliphatic heterocycles. The second-order valence-electron chi connectivity index (χ2n) is 3.80. The maximum atomic E-state index is 12.3. The molecule has 0 fully saturated rings. The van der Waals surface area contributed by atoms with Crippen LogP contribution in [0.3, 0.4) is 0 Å².